The van der Waals surface area contributed by atoms with E-state index >= 15 is 0 Å². The summed E-state index contributed by atoms with van der Waals surface area (Å²) in [4.78, 5) is 0. The second kappa shape index (κ2) is 4.48. The van der Waals surface area contributed by atoms with Gasteiger partial charge in [-0.2, -0.15) is 5.26 Å². The Morgan fingerprint density at radius 3 is 2.89 bits per heavy atom. The van der Waals surface area contributed by atoms with Gasteiger partial charge in [0.2, 0.25) is 0 Å². The fraction of sp³-hybridized carbons (Fsp3) is 0.500. The summed E-state index contributed by atoms with van der Waals surface area (Å²) in [5, 5.41) is 20.2. The first-order valence-electron chi connectivity index (χ1n) is 6.16. The van der Waals surface area contributed by atoms with Gasteiger partial charge in [0.05, 0.1) is 18.3 Å². The van der Waals surface area contributed by atoms with Crippen LogP contribution in [0.5, 0.6) is 0 Å². The standard InChI is InChI=1S/C14H14INO2/c15-10-3-1-2-9(6-10)13(17)14(8-16)7-11-4-5-12(14)18-11/h1-3,6,11-13,17H,4-5,7H2. The van der Waals surface area contributed by atoms with Crippen molar-refractivity contribution in [3.05, 3.63) is 33.4 Å². The molecular weight excluding hydrogens is 341 g/mol. The van der Waals surface area contributed by atoms with Crippen molar-refractivity contribution in [2.24, 2.45) is 5.41 Å². The minimum absolute atomic E-state index is 0.111. The second-order valence-corrected chi connectivity index (χ2v) is 6.38. The molecule has 2 fully saturated rings. The number of fused-ring (bicyclic) bond motifs is 2. The van der Waals surface area contributed by atoms with Gasteiger partial charge in [-0.15, -0.1) is 0 Å². The molecule has 94 valence electrons. The van der Waals surface area contributed by atoms with E-state index in [0.29, 0.717) is 6.42 Å². The van der Waals surface area contributed by atoms with Crippen LogP contribution in [-0.2, 0) is 4.74 Å². The van der Waals surface area contributed by atoms with Gasteiger partial charge in [-0.05, 0) is 59.5 Å². The molecule has 4 heteroatoms. The molecule has 18 heavy (non-hydrogen) atoms. The Hall–Kier alpha value is -0.640. The minimum atomic E-state index is -0.757. The predicted octanol–water partition coefficient (Wildman–Crippen LogP) is 2.79. The minimum Gasteiger partial charge on any atom is -0.387 e. The van der Waals surface area contributed by atoms with E-state index in [9.17, 15) is 10.4 Å². The maximum atomic E-state index is 10.6. The van der Waals surface area contributed by atoms with Crippen LogP contribution in [0.1, 0.15) is 30.9 Å². The van der Waals surface area contributed by atoms with Crippen molar-refractivity contribution in [3.8, 4) is 6.07 Å². The van der Waals surface area contributed by atoms with Gasteiger partial charge >= 0.3 is 0 Å². The number of hydrogen-bond donors (Lipinski definition) is 1. The lowest BCUT2D eigenvalue weighted by atomic mass is 9.69. The quantitative estimate of drug-likeness (QED) is 0.830. The van der Waals surface area contributed by atoms with E-state index in [0.717, 1.165) is 22.0 Å². The molecule has 0 aliphatic carbocycles. The Morgan fingerprint density at radius 1 is 1.50 bits per heavy atom. The first kappa shape index (κ1) is 12.4. The van der Waals surface area contributed by atoms with Gasteiger partial charge in [-0.3, -0.25) is 0 Å². The molecule has 3 nitrogen and oxygen atoms in total. The van der Waals surface area contributed by atoms with Gasteiger partial charge in [0, 0.05) is 3.57 Å². The van der Waals surface area contributed by atoms with E-state index in [1.54, 1.807) is 0 Å². The van der Waals surface area contributed by atoms with Crippen molar-refractivity contribution >= 4 is 22.6 Å². The zero-order chi connectivity index (χ0) is 12.8. The van der Waals surface area contributed by atoms with Crippen molar-refractivity contribution in [2.75, 3.05) is 0 Å². The topological polar surface area (TPSA) is 53.2 Å². The van der Waals surface area contributed by atoms with Crippen LogP contribution in [0.15, 0.2) is 24.3 Å². The van der Waals surface area contributed by atoms with Crippen LogP contribution in [0, 0.1) is 20.3 Å². The van der Waals surface area contributed by atoms with Crippen molar-refractivity contribution in [2.45, 2.75) is 37.6 Å². The highest BCUT2D eigenvalue weighted by atomic mass is 127. The summed E-state index contributed by atoms with van der Waals surface area (Å²) < 4.78 is 6.84. The largest absolute Gasteiger partial charge is 0.387 e. The maximum absolute atomic E-state index is 10.6. The van der Waals surface area contributed by atoms with Crippen LogP contribution < -0.4 is 0 Å². The van der Waals surface area contributed by atoms with E-state index < -0.39 is 11.5 Å². The Kier molecular flexibility index (Phi) is 3.08. The van der Waals surface area contributed by atoms with Gasteiger partial charge in [0.15, 0.2) is 0 Å². The highest BCUT2D eigenvalue weighted by Gasteiger charge is 2.57. The number of rotatable bonds is 2. The normalized spacial score (nSPS) is 35.4. The van der Waals surface area contributed by atoms with E-state index in [1.165, 1.54) is 0 Å². The van der Waals surface area contributed by atoms with Crippen LogP contribution >= 0.6 is 22.6 Å². The highest BCUT2D eigenvalue weighted by molar-refractivity contribution is 14.1. The molecule has 0 radical (unpaired) electrons. The summed E-state index contributed by atoms with van der Waals surface area (Å²) in [7, 11) is 0. The van der Waals surface area contributed by atoms with Crippen LogP contribution in [0.4, 0.5) is 0 Å². The molecule has 1 aromatic carbocycles. The monoisotopic (exact) mass is 355 g/mol. The lowest BCUT2D eigenvalue weighted by Crippen LogP contribution is -2.37. The number of benzene rings is 1. The molecule has 2 heterocycles. The van der Waals surface area contributed by atoms with E-state index in [2.05, 4.69) is 28.7 Å². The average molecular weight is 355 g/mol. The molecule has 0 saturated carbocycles. The fourth-order valence-electron chi connectivity index (χ4n) is 3.18. The summed E-state index contributed by atoms with van der Waals surface area (Å²) in [5.74, 6) is 0. The molecule has 0 aromatic heterocycles. The average Bonchev–Trinajstić information content (AvgIpc) is 2.98. The first-order chi connectivity index (χ1) is 8.65. The Bertz CT molecular complexity index is 513. The van der Waals surface area contributed by atoms with Crippen LogP contribution in [0.2, 0.25) is 0 Å². The summed E-state index contributed by atoms with van der Waals surface area (Å²) in [6, 6.07) is 10.1. The second-order valence-electron chi connectivity index (χ2n) is 5.14. The number of aliphatic hydroxyl groups is 1. The number of nitrogens with zero attached hydrogens (tertiary/aromatic N) is 1. The molecule has 2 aliphatic heterocycles. The lowest BCUT2D eigenvalue weighted by Gasteiger charge is -2.33. The molecule has 0 amide bonds. The number of aliphatic hydroxyl groups excluding tert-OH is 1. The predicted molar refractivity (Wildman–Crippen MR) is 74.7 cm³/mol. The molecular formula is C14H14INO2. The zero-order valence-electron chi connectivity index (χ0n) is 9.84. The molecule has 1 N–H and O–H groups in total. The maximum Gasteiger partial charge on any atom is 0.116 e. The fourth-order valence-corrected chi connectivity index (χ4v) is 3.75. The van der Waals surface area contributed by atoms with Crippen LogP contribution in [0.3, 0.4) is 0 Å². The first-order valence-corrected chi connectivity index (χ1v) is 7.24. The van der Waals surface area contributed by atoms with Crippen LogP contribution in [-0.4, -0.2) is 17.3 Å². The smallest absolute Gasteiger partial charge is 0.116 e. The highest BCUT2D eigenvalue weighted by Crippen LogP contribution is 2.53. The third-order valence-corrected chi connectivity index (χ3v) is 4.78. The summed E-state index contributed by atoms with van der Waals surface area (Å²) in [5.41, 5.74) is 0.0625. The van der Waals surface area contributed by atoms with E-state index in [-0.39, 0.29) is 12.2 Å². The van der Waals surface area contributed by atoms with Gasteiger partial charge < -0.3 is 9.84 Å². The van der Waals surface area contributed by atoms with Gasteiger partial charge in [-0.1, -0.05) is 12.1 Å². The van der Waals surface area contributed by atoms with Crippen molar-refractivity contribution in [1.82, 2.24) is 0 Å². The number of ether oxygens (including phenoxy) is 1. The Balaban J connectivity index is 1.96. The number of hydrogen-bond acceptors (Lipinski definition) is 3. The molecule has 3 rings (SSSR count). The molecule has 2 bridgehead atoms. The number of nitriles is 1. The number of halogens is 1. The Morgan fingerprint density at radius 2 is 2.33 bits per heavy atom. The van der Waals surface area contributed by atoms with Crippen molar-refractivity contribution in [3.63, 3.8) is 0 Å². The molecule has 1 aromatic rings. The Labute approximate surface area is 120 Å². The van der Waals surface area contributed by atoms with E-state index in [1.807, 2.05) is 24.3 Å². The van der Waals surface area contributed by atoms with Crippen molar-refractivity contribution < 1.29 is 9.84 Å². The lowest BCUT2D eigenvalue weighted by molar-refractivity contribution is 0.00339. The van der Waals surface area contributed by atoms with Gasteiger partial charge in [0.25, 0.3) is 0 Å². The summed E-state index contributed by atoms with van der Waals surface area (Å²) in [6.07, 6.45) is 1.85. The molecule has 4 unspecified atom stereocenters. The van der Waals surface area contributed by atoms with Gasteiger partial charge in [0.1, 0.15) is 11.5 Å². The van der Waals surface area contributed by atoms with Crippen LogP contribution in [0.25, 0.3) is 0 Å². The zero-order valence-corrected chi connectivity index (χ0v) is 12.0. The SMILES string of the molecule is N#CC1(C(O)c2cccc(I)c2)CC2CCC1O2. The molecule has 0 spiro atoms. The van der Waals surface area contributed by atoms with Crippen molar-refractivity contribution in [1.29, 1.82) is 5.26 Å². The molecule has 2 saturated heterocycles. The van der Waals surface area contributed by atoms with Gasteiger partial charge in [-0.25, -0.2) is 0 Å². The molecule has 4 atom stereocenters. The summed E-state index contributed by atoms with van der Waals surface area (Å²) in [6.45, 7) is 0. The van der Waals surface area contributed by atoms with E-state index in [4.69, 9.17) is 4.74 Å². The summed E-state index contributed by atoms with van der Waals surface area (Å²) >= 11 is 2.22. The molecule has 2 aliphatic rings. The third-order valence-electron chi connectivity index (χ3n) is 4.11. The third kappa shape index (κ3) is 1.77.